The van der Waals surface area contributed by atoms with Crippen molar-refractivity contribution >= 4 is 28.0 Å². The largest absolute Gasteiger partial charge is 0.350 e. The highest BCUT2D eigenvalue weighted by Gasteiger charge is 2.22. The Labute approximate surface area is 135 Å². The number of carbonyl (C=O) groups is 1. The zero-order valence-electron chi connectivity index (χ0n) is 12.6. The quantitative estimate of drug-likeness (QED) is 0.794. The van der Waals surface area contributed by atoms with Gasteiger partial charge in [-0.1, -0.05) is 18.1 Å². The van der Waals surface area contributed by atoms with E-state index in [1.54, 1.807) is 18.3 Å². The third-order valence-corrected chi connectivity index (χ3v) is 5.44. The van der Waals surface area contributed by atoms with Crippen LogP contribution in [-0.4, -0.2) is 25.5 Å². The number of hydrogen-bond donors (Lipinski definition) is 1. The van der Waals surface area contributed by atoms with E-state index in [0.717, 1.165) is 17.7 Å². The lowest BCUT2D eigenvalue weighted by Crippen LogP contribution is -2.35. The average molecular weight is 341 g/mol. The Hall–Kier alpha value is -1.54. The van der Waals surface area contributed by atoms with Gasteiger partial charge in [-0.3, -0.25) is 9.00 Å². The Kier molecular flexibility index (Phi) is 6.26. The molecule has 120 valence electrons. The molecular formula is C14H19N3O3S2. The lowest BCUT2D eigenvalue weighted by atomic mass is 10.3. The molecule has 0 bridgehead atoms. The Bertz CT molecular complexity index is 625. The van der Waals surface area contributed by atoms with E-state index in [4.69, 9.17) is 4.52 Å². The molecule has 2 rings (SSSR count). The maximum atomic E-state index is 12.2. The molecule has 0 aliphatic carbocycles. The molecule has 1 N–H and O–H groups in total. The van der Waals surface area contributed by atoms with E-state index >= 15 is 0 Å². The number of rotatable bonds is 8. The summed E-state index contributed by atoms with van der Waals surface area (Å²) in [6.07, 6.45) is 1.65. The van der Waals surface area contributed by atoms with E-state index in [0.29, 0.717) is 18.3 Å². The normalized spacial score (nSPS) is 13.7. The van der Waals surface area contributed by atoms with Gasteiger partial charge in [0.05, 0.1) is 6.54 Å². The Balaban J connectivity index is 1.83. The third-order valence-electron chi connectivity index (χ3n) is 3.03. The lowest BCUT2D eigenvalue weighted by Gasteiger charge is -2.10. The second kappa shape index (κ2) is 8.19. The molecule has 0 aromatic carbocycles. The van der Waals surface area contributed by atoms with Gasteiger partial charge in [0.25, 0.3) is 0 Å². The van der Waals surface area contributed by atoms with Gasteiger partial charge < -0.3 is 9.84 Å². The van der Waals surface area contributed by atoms with Gasteiger partial charge in [-0.25, -0.2) is 0 Å². The summed E-state index contributed by atoms with van der Waals surface area (Å²) in [4.78, 5) is 17.2. The van der Waals surface area contributed by atoms with Crippen LogP contribution in [0.25, 0.3) is 0 Å². The van der Waals surface area contributed by atoms with Crippen LogP contribution in [0, 0.1) is 0 Å². The summed E-state index contributed by atoms with van der Waals surface area (Å²) in [6.45, 7) is 4.12. The fourth-order valence-electron chi connectivity index (χ4n) is 1.77. The smallest absolute Gasteiger partial charge is 0.239 e. The highest BCUT2D eigenvalue weighted by molar-refractivity contribution is 7.85. The highest BCUT2D eigenvalue weighted by atomic mass is 32.2. The van der Waals surface area contributed by atoms with Crippen molar-refractivity contribution in [3.8, 4) is 0 Å². The number of thiophene rings is 1. The van der Waals surface area contributed by atoms with Crippen LogP contribution in [0.15, 0.2) is 22.0 Å². The van der Waals surface area contributed by atoms with E-state index in [-0.39, 0.29) is 11.7 Å². The molecule has 2 aromatic rings. The van der Waals surface area contributed by atoms with Crippen molar-refractivity contribution in [1.82, 2.24) is 15.5 Å². The first-order valence-electron chi connectivity index (χ1n) is 7.09. The van der Waals surface area contributed by atoms with Crippen molar-refractivity contribution in [3.63, 3.8) is 0 Å². The van der Waals surface area contributed by atoms with Crippen LogP contribution in [0.5, 0.6) is 0 Å². The van der Waals surface area contributed by atoms with Gasteiger partial charge in [-0.2, -0.15) is 4.98 Å². The standard InChI is InChI=1S/C14H19N3O3S2/c1-3-5-12-16-13(20-17-12)9-22(19)10(2)14(18)15-8-11-6-4-7-21-11/h4,6-7,10H,3,5,8-9H2,1-2H3,(H,15,18). The molecule has 0 saturated carbocycles. The lowest BCUT2D eigenvalue weighted by molar-refractivity contribution is -0.120. The summed E-state index contributed by atoms with van der Waals surface area (Å²) in [5, 5.41) is 7.93. The summed E-state index contributed by atoms with van der Waals surface area (Å²) < 4.78 is 17.3. The number of carbonyl (C=O) groups excluding carboxylic acids is 1. The van der Waals surface area contributed by atoms with Crippen LogP contribution < -0.4 is 5.32 Å². The summed E-state index contributed by atoms with van der Waals surface area (Å²) in [6, 6.07) is 3.87. The summed E-state index contributed by atoms with van der Waals surface area (Å²) in [7, 11) is -1.39. The molecule has 2 heterocycles. The molecule has 1 amide bonds. The van der Waals surface area contributed by atoms with Crippen LogP contribution in [0.3, 0.4) is 0 Å². The monoisotopic (exact) mass is 341 g/mol. The zero-order chi connectivity index (χ0) is 15.9. The number of nitrogens with zero attached hydrogens (tertiary/aromatic N) is 2. The third kappa shape index (κ3) is 4.74. The molecule has 2 unspecified atom stereocenters. The first-order chi connectivity index (χ1) is 10.6. The first-order valence-corrected chi connectivity index (χ1v) is 9.35. The van der Waals surface area contributed by atoms with Crippen LogP contribution in [0.4, 0.5) is 0 Å². The predicted molar refractivity (Wildman–Crippen MR) is 85.8 cm³/mol. The molecule has 22 heavy (non-hydrogen) atoms. The Morgan fingerprint density at radius 2 is 2.36 bits per heavy atom. The molecular weight excluding hydrogens is 322 g/mol. The molecule has 2 aromatic heterocycles. The Morgan fingerprint density at radius 3 is 3.05 bits per heavy atom. The molecule has 8 heteroatoms. The molecule has 0 radical (unpaired) electrons. The van der Waals surface area contributed by atoms with Crippen molar-refractivity contribution in [1.29, 1.82) is 0 Å². The Morgan fingerprint density at radius 1 is 1.55 bits per heavy atom. The summed E-state index contributed by atoms with van der Waals surface area (Å²) >= 11 is 1.57. The average Bonchev–Trinajstić information content (AvgIpc) is 3.16. The van der Waals surface area contributed by atoms with E-state index in [1.165, 1.54) is 0 Å². The second-order valence-corrected chi connectivity index (χ2v) is 7.61. The molecule has 0 aliphatic heterocycles. The number of aryl methyl sites for hydroxylation is 1. The van der Waals surface area contributed by atoms with Crippen molar-refractivity contribution in [2.75, 3.05) is 0 Å². The number of hydrogen-bond acceptors (Lipinski definition) is 6. The van der Waals surface area contributed by atoms with Crippen molar-refractivity contribution < 1.29 is 13.5 Å². The first kappa shape index (κ1) is 16.8. The zero-order valence-corrected chi connectivity index (χ0v) is 14.2. The molecule has 0 spiro atoms. The topological polar surface area (TPSA) is 85.1 Å². The SMILES string of the molecule is CCCc1noc(CS(=O)C(C)C(=O)NCc2cccs2)n1. The number of aromatic nitrogens is 2. The van der Waals surface area contributed by atoms with Crippen molar-refractivity contribution in [3.05, 3.63) is 34.1 Å². The minimum atomic E-state index is -1.39. The van der Waals surface area contributed by atoms with Gasteiger partial charge in [0.2, 0.25) is 11.8 Å². The fraction of sp³-hybridized carbons (Fsp3) is 0.500. The maximum absolute atomic E-state index is 12.2. The maximum Gasteiger partial charge on any atom is 0.239 e. The second-order valence-electron chi connectivity index (χ2n) is 4.82. The van der Waals surface area contributed by atoms with Crippen molar-refractivity contribution in [2.24, 2.45) is 0 Å². The molecule has 0 saturated heterocycles. The van der Waals surface area contributed by atoms with E-state index in [1.807, 2.05) is 24.4 Å². The summed E-state index contributed by atoms with van der Waals surface area (Å²) in [5.41, 5.74) is 0. The van der Waals surface area contributed by atoms with Gasteiger partial charge in [0.1, 0.15) is 11.0 Å². The predicted octanol–water partition coefficient (Wildman–Crippen LogP) is 2.04. The fourth-order valence-corrected chi connectivity index (χ4v) is 3.35. The van der Waals surface area contributed by atoms with Gasteiger partial charge >= 0.3 is 0 Å². The van der Waals surface area contributed by atoms with Gasteiger partial charge in [0, 0.05) is 22.1 Å². The van der Waals surface area contributed by atoms with Crippen LogP contribution in [0.1, 0.15) is 36.9 Å². The molecule has 0 fully saturated rings. The van der Waals surface area contributed by atoms with Crippen LogP contribution in [0.2, 0.25) is 0 Å². The minimum Gasteiger partial charge on any atom is -0.350 e. The van der Waals surface area contributed by atoms with Crippen LogP contribution in [-0.2, 0) is 34.3 Å². The highest BCUT2D eigenvalue weighted by Crippen LogP contribution is 2.09. The van der Waals surface area contributed by atoms with Gasteiger partial charge in [-0.15, -0.1) is 11.3 Å². The molecule has 2 atom stereocenters. The van der Waals surface area contributed by atoms with Gasteiger partial charge in [-0.05, 0) is 24.8 Å². The number of amides is 1. The molecule has 0 aliphatic rings. The van der Waals surface area contributed by atoms with Crippen LogP contribution >= 0.6 is 11.3 Å². The van der Waals surface area contributed by atoms with E-state index in [2.05, 4.69) is 15.5 Å². The van der Waals surface area contributed by atoms with Gasteiger partial charge in [0.15, 0.2) is 5.82 Å². The van der Waals surface area contributed by atoms with Crippen molar-refractivity contribution in [2.45, 2.75) is 44.2 Å². The number of nitrogens with one attached hydrogen (secondary N) is 1. The van der Waals surface area contributed by atoms with E-state index in [9.17, 15) is 9.00 Å². The summed E-state index contributed by atoms with van der Waals surface area (Å²) in [5.74, 6) is 0.800. The van der Waals surface area contributed by atoms with E-state index < -0.39 is 16.0 Å². The molecule has 6 nitrogen and oxygen atoms in total. The minimum absolute atomic E-state index is 0.101.